The fourth-order valence-electron chi connectivity index (χ4n) is 1.84. The van der Waals surface area contributed by atoms with Gasteiger partial charge in [-0.2, -0.15) is 31.6 Å². The van der Waals surface area contributed by atoms with E-state index in [2.05, 4.69) is 5.32 Å². The van der Waals surface area contributed by atoms with Crippen LogP contribution in [0.1, 0.15) is 24.0 Å². The van der Waals surface area contributed by atoms with Crippen molar-refractivity contribution in [3.63, 3.8) is 0 Å². The van der Waals surface area contributed by atoms with Gasteiger partial charge in [0.1, 0.15) is 5.54 Å². The highest BCUT2D eigenvalue weighted by molar-refractivity contribution is 5.56. The standard InChI is InChI=1S/C12H8F6N2/c13-11(14,15)9-2-1-8(5-7(9)6-19)20-10(3-4-10)12(16,17)18/h1-2,5,20H,3-4H2. The van der Waals surface area contributed by atoms with Crippen LogP contribution in [0.3, 0.4) is 0 Å². The highest BCUT2D eigenvalue weighted by Gasteiger charge is 2.63. The monoisotopic (exact) mass is 294 g/mol. The summed E-state index contributed by atoms with van der Waals surface area (Å²) in [5, 5.41) is 10.9. The fraction of sp³-hybridized carbons (Fsp3) is 0.417. The first-order chi connectivity index (χ1) is 9.09. The van der Waals surface area contributed by atoms with Gasteiger partial charge < -0.3 is 5.32 Å². The molecular weight excluding hydrogens is 286 g/mol. The average Bonchev–Trinajstić information content (AvgIpc) is 3.07. The van der Waals surface area contributed by atoms with Crippen LogP contribution in [0.2, 0.25) is 0 Å². The van der Waals surface area contributed by atoms with Gasteiger partial charge in [-0.3, -0.25) is 0 Å². The Hall–Kier alpha value is -1.91. The van der Waals surface area contributed by atoms with Crippen molar-refractivity contribution in [1.29, 1.82) is 5.26 Å². The summed E-state index contributed by atoms with van der Waals surface area (Å²) in [5.74, 6) is 0. The topological polar surface area (TPSA) is 35.8 Å². The third-order valence-electron chi connectivity index (χ3n) is 3.12. The van der Waals surface area contributed by atoms with Crippen molar-refractivity contribution in [2.24, 2.45) is 0 Å². The van der Waals surface area contributed by atoms with Gasteiger partial charge >= 0.3 is 12.4 Å². The Morgan fingerprint density at radius 1 is 1.10 bits per heavy atom. The minimum Gasteiger partial charge on any atom is -0.371 e. The average molecular weight is 294 g/mol. The van der Waals surface area contributed by atoms with Crippen LogP contribution in [-0.2, 0) is 6.18 Å². The van der Waals surface area contributed by atoms with Crippen LogP contribution in [0.25, 0.3) is 0 Å². The Kier molecular flexibility index (Phi) is 3.11. The molecule has 0 aliphatic heterocycles. The maximum absolute atomic E-state index is 12.7. The summed E-state index contributed by atoms with van der Waals surface area (Å²) >= 11 is 0. The Labute approximate surface area is 110 Å². The third kappa shape index (κ3) is 2.53. The van der Waals surface area contributed by atoms with E-state index >= 15 is 0 Å². The van der Waals surface area contributed by atoms with Gasteiger partial charge in [0.25, 0.3) is 0 Å². The van der Waals surface area contributed by atoms with Gasteiger partial charge in [0.05, 0.1) is 17.2 Å². The lowest BCUT2D eigenvalue weighted by Crippen LogP contribution is -2.38. The molecule has 1 fully saturated rings. The minimum atomic E-state index is -4.72. The molecule has 0 atom stereocenters. The molecule has 108 valence electrons. The summed E-state index contributed by atoms with van der Waals surface area (Å²) < 4.78 is 75.8. The molecule has 0 amide bonds. The van der Waals surface area contributed by atoms with E-state index in [0.29, 0.717) is 6.07 Å². The summed E-state index contributed by atoms with van der Waals surface area (Å²) in [5.41, 5.74) is -4.10. The number of nitriles is 1. The van der Waals surface area contributed by atoms with E-state index in [9.17, 15) is 26.3 Å². The number of rotatable bonds is 2. The van der Waals surface area contributed by atoms with E-state index in [0.717, 1.165) is 12.1 Å². The molecule has 1 N–H and O–H groups in total. The Bertz CT molecular complexity index is 563. The van der Waals surface area contributed by atoms with Crippen LogP contribution in [-0.4, -0.2) is 11.7 Å². The first kappa shape index (κ1) is 14.5. The molecule has 0 spiro atoms. The summed E-state index contributed by atoms with van der Waals surface area (Å²) in [6.07, 6.45) is -9.48. The Morgan fingerprint density at radius 3 is 2.10 bits per heavy atom. The lowest BCUT2D eigenvalue weighted by molar-refractivity contribution is -0.151. The summed E-state index contributed by atoms with van der Waals surface area (Å²) in [7, 11) is 0. The molecular formula is C12H8F6N2. The second-order valence-electron chi connectivity index (χ2n) is 4.57. The van der Waals surface area contributed by atoms with Crippen LogP contribution in [0.5, 0.6) is 0 Å². The van der Waals surface area contributed by atoms with Gasteiger partial charge in [0.2, 0.25) is 0 Å². The highest BCUT2D eigenvalue weighted by atomic mass is 19.4. The van der Waals surface area contributed by atoms with Crippen LogP contribution in [0.15, 0.2) is 18.2 Å². The number of nitrogens with one attached hydrogen (secondary N) is 1. The first-order valence-electron chi connectivity index (χ1n) is 5.55. The predicted octanol–water partition coefficient (Wildman–Crippen LogP) is 4.08. The number of hydrogen-bond acceptors (Lipinski definition) is 2. The van der Waals surface area contributed by atoms with E-state index in [4.69, 9.17) is 5.26 Å². The van der Waals surface area contributed by atoms with Crippen molar-refractivity contribution in [1.82, 2.24) is 0 Å². The highest BCUT2D eigenvalue weighted by Crippen LogP contribution is 2.51. The van der Waals surface area contributed by atoms with Crippen molar-refractivity contribution in [2.45, 2.75) is 30.7 Å². The summed E-state index contributed by atoms with van der Waals surface area (Å²) in [6.45, 7) is 0. The molecule has 20 heavy (non-hydrogen) atoms. The molecule has 0 unspecified atom stereocenters. The number of alkyl halides is 6. The molecule has 1 aromatic rings. The lowest BCUT2D eigenvalue weighted by atomic mass is 10.1. The van der Waals surface area contributed by atoms with Gasteiger partial charge in [-0.25, -0.2) is 0 Å². The van der Waals surface area contributed by atoms with Crippen LogP contribution in [0.4, 0.5) is 32.0 Å². The molecule has 1 saturated carbocycles. The van der Waals surface area contributed by atoms with Crippen molar-refractivity contribution in [3.05, 3.63) is 29.3 Å². The third-order valence-corrected chi connectivity index (χ3v) is 3.12. The smallest absolute Gasteiger partial charge is 0.371 e. The molecule has 2 nitrogen and oxygen atoms in total. The molecule has 0 radical (unpaired) electrons. The first-order valence-corrected chi connectivity index (χ1v) is 5.55. The zero-order chi connectivity index (χ0) is 15.2. The van der Waals surface area contributed by atoms with Crippen LogP contribution < -0.4 is 5.32 Å². The van der Waals surface area contributed by atoms with E-state index < -0.39 is 29.0 Å². The number of anilines is 1. The molecule has 8 heteroatoms. The van der Waals surface area contributed by atoms with Gasteiger partial charge in [0, 0.05) is 5.69 Å². The summed E-state index contributed by atoms with van der Waals surface area (Å²) in [6, 6.07) is 3.64. The Morgan fingerprint density at radius 2 is 1.70 bits per heavy atom. The van der Waals surface area contributed by atoms with Gasteiger partial charge in [0.15, 0.2) is 0 Å². The molecule has 1 aliphatic carbocycles. The normalized spacial score (nSPS) is 17.4. The fourth-order valence-corrected chi connectivity index (χ4v) is 1.84. The van der Waals surface area contributed by atoms with E-state index in [1.165, 1.54) is 6.07 Å². The quantitative estimate of drug-likeness (QED) is 0.834. The van der Waals surface area contributed by atoms with Gasteiger partial charge in [-0.1, -0.05) is 0 Å². The SMILES string of the molecule is N#Cc1cc(NC2(C(F)(F)F)CC2)ccc1C(F)(F)F. The van der Waals surface area contributed by atoms with Crippen molar-refractivity contribution in [2.75, 3.05) is 5.32 Å². The van der Waals surface area contributed by atoms with Gasteiger partial charge in [-0.15, -0.1) is 0 Å². The molecule has 2 rings (SSSR count). The lowest BCUT2D eigenvalue weighted by Gasteiger charge is -2.22. The molecule has 0 heterocycles. The summed E-state index contributed by atoms with van der Waals surface area (Å²) in [4.78, 5) is 0. The Balaban J connectivity index is 2.31. The maximum atomic E-state index is 12.7. The molecule has 0 aromatic heterocycles. The van der Waals surface area contributed by atoms with Crippen LogP contribution in [0, 0.1) is 11.3 Å². The second kappa shape index (κ2) is 4.30. The van der Waals surface area contributed by atoms with Gasteiger partial charge in [-0.05, 0) is 31.0 Å². The molecule has 1 aromatic carbocycles. The molecule has 0 saturated heterocycles. The van der Waals surface area contributed by atoms with Crippen molar-refractivity contribution >= 4 is 5.69 Å². The number of hydrogen-bond donors (Lipinski definition) is 1. The van der Waals surface area contributed by atoms with Crippen molar-refractivity contribution in [3.8, 4) is 6.07 Å². The van der Waals surface area contributed by atoms with E-state index in [1.807, 2.05) is 0 Å². The zero-order valence-electron chi connectivity index (χ0n) is 9.86. The maximum Gasteiger partial charge on any atom is 0.417 e. The number of benzene rings is 1. The van der Waals surface area contributed by atoms with E-state index in [-0.39, 0.29) is 18.5 Å². The van der Waals surface area contributed by atoms with Crippen LogP contribution >= 0.6 is 0 Å². The second-order valence-corrected chi connectivity index (χ2v) is 4.57. The van der Waals surface area contributed by atoms with Crippen molar-refractivity contribution < 1.29 is 26.3 Å². The number of halogens is 6. The largest absolute Gasteiger partial charge is 0.417 e. The molecule has 0 bridgehead atoms. The van der Waals surface area contributed by atoms with E-state index in [1.54, 1.807) is 0 Å². The number of nitrogens with zero attached hydrogens (tertiary/aromatic N) is 1. The molecule has 1 aliphatic rings. The zero-order valence-corrected chi connectivity index (χ0v) is 9.86. The predicted molar refractivity (Wildman–Crippen MR) is 57.8 cm³/mol. The minimum absolute atomic E-state index is 0.139.